The largest absolute Gasteiger partial charge is 0.347 e. The topological polar surface area (TPSA) is 56.1 Å². The van der Waals surface area contributed by atoms with Crippen LogP contribution in [0.5, 0.6) is 0 Å². The Bertz CT molecular complexity index is 856. The highest BCUT2D eigenvalue weighted by molar-refractivity contribution is 6.42. The maximum atomic E-state index is 12.4. The van der Waals surface area contributed by atoms with Gasteiger partial charge in [-0.2, -0.15) is 5.26 Å². The molecule has 1 amide bonds. The van der Waals surface area contributed by atoms with Gasteiger partial charge >= 0.3 is 0 Å². The van der Waals surface area contributed by atoms with Crippen molar-refractivity contribution in [3.8, 4) is 6.07 Å². The van der Waals surface area contributed by atoms with Crippen molar-refractivity contribution in [1.29, 1.82) is 5.26 Å². The molecule has 0 radical (unpaired) electrons. The van der Waals surface area contributed by atoms with Gasteiger partial charge in [-0.1, -0.05) is 35.3 Å². The van der Waals surface area contributed by atoms with Gasteiger partial charge in [0.1, 0.15) is 11.6 Å². The fourth-order valence-electron chi connectivity index (χ4n) is 2.22. The zero-order valence-electron chi connectivity index (χ0n) is 13.9. The summed E-state index contributed by atoms with van der Waals surface area (Å²) in [5.41, 5.74) is 2.48. The van der Waals surface area contributed by atoms with Crippen LogP contribution in [0.2, 0.25) is 10.0 Å². The van der Waals surface area contributed by atoms with Gasteiger partial charge in [-0.3, -0.25) is 4.79 Å². The number of carbonyl (C=O) groups is 1. The number of halogens is 2. The van der Waals surface area contributed by atoms with Crippen LogP contribution in [0, 0.1) is 18.3 Å². The van der Waals surface area contributed by atoms with E-state index in [4.69, 9.17) is 23.2 Å². The van der Waals surface area contributed by atoms with Crippen LogP contribution in [-0.2, 0) is 4.79 Å². The van der Waals surface area contributed by atoms with Gasteiger partial charge in [-0.05, 0) is 49.7 Å². The van der Waals surface area contributed by atoms with Crippen molar-refractivity contribution in [2.24, 2.45) is 0 Å². The number of carbonyl (C=O) groups excluding carboxylic acids is 1. The number of nitriles is 1. The zero-order chi connectivity index (χ0) is 18.4. The molecule has 0 spiro atoms. The van der Waals surface area contributed by atoms with Crippen LogP contribution in [0.3, 0.4) is 0 Å². The summed E-state index contributed by atoms with van der Waals surface area (Å²) in [4.78, 5) is 14.2. The van der Waals surface area contributed by atoms with Crippen LogP contribution < -0.4 is 10.2 Å². The summed E-state index contributed by atoms with van der Waals surface area (Å²) in [6, 6.07) is 14.5. The number of benzene rings is 2. The van der Waals surface area contributed by atoms with Crippen molar-refractivity contribution < 1.29 is 4.79 Å². The summed E-state index contributed by atoms with van der Waals surface area (Å²) in [6.07, 6.45) is 1.54. The first-order chi connectivity index (χ1) is 11.9. The lowest BCUT2D eigenvalue weighted by Gasteiger charge is -2.19. The molecule has 0 fully saturated rings. The fraction of sp³-hybridized carbons (Fsp3) is 0.158. The van der Waals surface area contributed by atoms with Crippen LogP contribution >= 0.6 is 23.2 Å². The molecule has 0 unspecified atom stereocenters. The van der Waals surface area contributed by atoms with Crippen molar-refractivity contribution in [2.45, 2.75) is 13.8 Å². The van der Waals surface area contributed by atoms with Crippen molar-refractivity contribution in [2.75, 3.05) is 16.8 Å². The lowest BCUT2D eigenvalue weighted by Crippen LogP contribution is -2.20. The predicted octanol–water partition coefficient (Wildman–Crippen LogP) is 5.17. The van der Waals surface area contributed by atoms with E-state index >= 15 is 0 Å². The number of aryl methyl sites for hydroxylation is 1. The minimum atomic E-state index is -0.507. The summed E-state index contributed by atoms with van der Waals surface area (Å²) in [7, 11) is 0. The molecule has 0 bridgehead atoms. The van der Waals surface area contributed by atoms with Crippen molar-refractivity contribution >= 4 is 40.5 Å². The maximum absolute atomic E-state index is 12.4. The Morgan fingerprint density at radius 1 is 1.24 bits per heavy atom. The molecule has 0 aliphatic heterocycles. The van der Waals surface area contributed by atoms with Crippen LogP contribution in [-0.4, -0.2) is 12.5 Å². The van der Waals surface area contributed by atoms with Gasteiger partial charge in [-0.15, -0.1) is 0 Å². The van der Waals surface area contributed by atoms with Crippen molar-refractivity contribution in [1.82, 2.24) is 0 Å². The predicted molar refractivity (Wildman–Crippen MR) is 103 cm³/mol. The number of nitrogens with one attached hydrogen (secondary N) is 1. The second-order valence-electron chi connectivity index (χ2n) is 5.36. The average Bonchev–Trinajstić information content (AvgIpc) is 2.59. The Balaban J connectivity index is 2.24. The fourth-order valence-corrected chi connectivity index (χ4v) is 2.52. The van der Waals surface area contributed by atoms with Gasteiger partial charge in [-0.25, -0.2) is 0 Å². The highest BCUT2D eigenvalue weighted by Gasteiger charge is 2.13. The number of hydrogen-bond donors (Lipinski definition) is 1. The second kappa shape index (κ2) is 8.57. The van der Waals surface area contributed by atoms with E-state index in [-0.39, 0.29) is 5.57 Å². The third-order valence-corrected chi connectivity index (χ3v) is 4.24. The Morgan fingerprint density at radius 2 is 2.00 bits per heavy atom. The molecule has 0 aliphatic carbocycles. The standard InChI is InChI=1S/C19H17Cl2N3O/c1-3-24(16-6-4-5-13(2)9-16)12-14(11-22)19(25)23-15-7-8-17(20)18(21)10-15/h4-10,12H,3H2,1-2H3,(H,23,25)/b14-12-. The van der Waals surface area contributed by atoms with Crippen LogP contribution in [0.25, 0.3) is 0 Å². The van der Waals surface area contributed by atoms with Crippen molar-refractivity contribution in [3.63, 3.8) is 0 Å². The summed E-state index contributed by atoms with van der Waals surface area (Å²) in [6.45, 7) is 4.56. The van der Waals surface area contributed by atoms with Crippen LogP contribution in [0.4, 0.5) is 11.4 Å². The van der Waals surface area contributed by atoms with E-state index in [0.29, 0.717) is 22.3 Å². The third kappa shape index (κ3) is 4.99. The molecular weight excluding hydrogens is 357 g/mol. The number of nitrogens with zero attached hydrogens (tertiary/aromatic N) is 2. The lowest BCUT2D eigenvalue weighted by atomic mass is 10.2. The minimum Gasteiger partial charge on any atom is -0.347 e. The number of amides is 1. The van der Waals surface area contributed by atoms with E-state index in [2.05, 4.69) is 5.32 Å². The van der Waals surface area contributed by atoms with E-state index in [0.717, 1.165) is 11.3 Å². The lowest BCUT2D eigenvalue weighted by molar-refractivity contribution is -0.112. The van der Waals surface area contributed by atoms with Gasteiger partial charge in [0.15, 0.2) is 0 Å². The SMILES string of the molecule is CCN(/C=C(/C#N)C(=O)Nc1ccc(Cl)c(Cl)c1)c1cccc(C)c1. The molecule has 0 aromatic heterocycles. The first-order valence-electron chi connectivity index (χ1n) is 7.66. The Hall–Kier alpha value is -2.48. The van der Waals surface area contributed by atoms with E-state index in [1.54, 1.807) is 18.3 Å². The molecular formula is C19H17Cl2N3O. The molecule has 2 rings (SSSR count). The highest BCUT2D eigenvalue weighted by Crippen LogP contribution is 2.25. The maximum Gasteiger partial charge on any atom is 0.267 e. The first-order valence-corrected chi connectivity index (χ1v) is 8.41. The molecule has 0 saturated heterocycles. The number of anilines is 2. The minimum absolute atomic E-state index is 0.00516. The molecule has 0 atom stereocenters. The molecule has 0 heterocycles. The van der Waals surface area contributed by atoms with Crippen LogP contribution in [0.1, 0.15) is 12.5 Å². The van der Waals surface area contributed by atoms with E-state index in [1.165, 1.54) is 6.07 Å². The molecule has 6 heteroatoms. The molecule has 4 nitrogen and oxygen atoms in total. The quantitative estimate of drug-likeness (QED) is 0.580. The summed E-state index contributed by atoms with van der Waals surface area (Å²) >= 11 is 11.8. The van der Waals surface area contributed by atoms with Gasteiger partial charge in [0.25, 0.3) is 5.91 Å². The molecule has 2 aromatic carbocycles. The van der Waals surface area contributed by atoms with Gasteiger partial charge in [0.2, 0.25) is 0 Å². The number of hydrogen-bond acceptors (Lipinski definition) is 3. The summed E-state index contributed by atoms with van der Waals surface area (Å²) < 4.78 is 0. The smallest absolute Gasteiger partial charge is 0.267 e. The third-order valence-electron chi connectivity index (χ3n) is 3.50. The molecule has 128 valence electrons. The van der Waals surface area contributed by atoms with E-state index < -0.39 is 5.91 Å². The van der Waals surface area contributed by atoms with Gasteiger partial charge in [0.05, 0.1) is 10.0 Å². The molecule has 25 heavy (non-hydrogen) atoms. The highest BCUT2D eigenvalue weighted by atomic mass is 35.5. The summed E-state index contributed by atoms with van der Waals surface area (Å²) in [5, 5.41) is 12.7. The monoisotopic (exact) mass is 373 g/mol. The normalized spacial score (nSPS) is 10.9. The Labute approximate surface area is 157 Å². The summed E-state index contributed by atoms with van der Waals surface area (Å²) in [5.74, 6) is -0.507. The average molecular weight is 374 g/mol. The van der Waals surface area contributed by atoms with Crippen molar-refractivity contribution in [3.05, 3.63) is 69.8 Å². The Kier molecular flexibility index (Phi) is 6.46. The molecule has 0 saturated carbocycles. The zero-order valence-corrected chi connectivity index (χ0v) is 15.4. The molecule has 0 aliphatic rings. The molecule has 2 aromatic rings. The van der Waals surface area contributed by atoms with Gasteiger partial charge < -0.3 is 10.2 Å². The van der Waals surface area contributed by atoms with E-state index in [1.807, 2.05) is 49.1 Å². The van der Waals surface area contributed by atoms with E-state index in [9.17, 15) is 10.1 Å². The Morgan fingerprint density at radius 3 is 2.60 bits per heavy atom. The molecule has 1 N–H and O–H groups in total. The number of rotatable bonds is 5. The second-order valence-corrected chi connectivity index (χ2v) is 6.18. The first kappa shape index (κ1) is 18.9. The van der Waals surface area contributed by atoms with Gasteiger partial charge in [0, 0.05) is 24.1 Å². The van der Waals surface area contributed by atoms with Crippen LogP contribution in [0.15, 0.2) is 54.2 Å².